The Hall–Kier alpha value is -2.04. The maximum atomic E-state index is 12.5. The van der Waals surface area contributed by atoms with Crippen molar-refractivity contribution in [1.82, 2.24) is 5.32 Å². The molecule has 0 radical (unpaired) electrons. The third-order valence-electron chi connectivity index (χ3n) is 3.51. The van der Waals surface area contributed by atoms with E-state index in [9.17, 15) is 9.59 Å². The molecule has 1 aromatic carbocycles. The zero-order valence-electron chi connectivity index (χ0n) is 14.8. The van der Waals surface area contributed by atoms with Gasteiger partial charge in [0.05, 0.1) is 12.7 Å². The van der Waals surface area contributed by atoms with Gasteiger partial charge in [0.1, 0.15) is 17.4 Å². The van der Waals surface area contributed by atoms with Crippen LogP contribution in [0.1, 0.15) is 51.4 Å². The Kier molecular flexibility index (Phi) is 6.61. The molecule has 1 aromatic rings. The van der Waals surface area contributed by atoms with Gasteiger partial charge >= 0.3 is 5.97 Å². The smallest absolute Gasteiger partial charge is 0.329 e. The Morgan fingerprint density at radius 2 is 1.83 bits per heavy atom. The number of para-hydroxylation sites is 1. The first kappa shape index (κ1) is 19.0. The van der Waals surface area contributed by atoms with Crippen molar-refractivity contribution in [1.29, 1.82) is 0 Å². The molecule has 0 fully saturated rings. The molecule has 128 valence electrons. The van der Waals surface area contributed by atoms with Crippen LogP contribution in [0.5, 0.6) is 5.75 Å². The SMILES string of the molecule is CCC(C)[C@H](NC(=O)c1ccccc1OC)C(=O)OC(C)(C)C. The maximum Gasteiger partial charge on any atom is 0.329 e. The summed E-state index contributed by atoms with van der Waals surface area (Å²) in [4.78, 5) is 24.9. The van der Waals surface area contributed by atoms with E-state index in [4.69, 9.17) is 9.47 Å². The number of methoxy groups -OCH3 is 1. The van der Waals surface area contributed by atoms with E-state index in [1.54, 1.807) is 45.0 Å². The van der Waals surface area contributed by atoms with Gasteiger partial charge in [0.15, 0.2) is 0 Å². The monoisotopic (exact) mass is 321 g/mol. The fourth-order valence-corrected chi connectivity index (χ4v) is 2.09. The van der Waals surface area contributed by atoms with Gasteiger partial charge in [-0.2, -0.15) is 0 Å². The average Bonchev–Trinajstić information content (AvgIpc) is 2.49. The first-order chi connectivity index (χ1) is 10.7. The van der Waals surface area contributed by atoms with Crippen LogP contribution in [0.2, 0.25) is 0 Å². The number of ether oxygens (including phenoxy) is 2. The Balaban J connectivity index is 2.97. The predicted octanol–water partition coefficient (Wildman–Crippen LogP) is 3.18. The summed E-state index contributed by atoms with van der Waals surface area (Å²) in [6.07, 6.45) is 0.746. The van der Waals surface area contributed by atoms with Gasteiger partial charge in [0.2, 0.25) is 0 Å². The second-order valence-electron chi connectivity index (χ2n) is 6.57. The van der Waals surface area contributed by atoms with Crippen LogP contribution in [0.15, 0.2) is 24.3 Å². The molecule has 0 aliphatic carbocycles. The minimum atomic E-state index is -0.698. The molecule has 0 aliphatic rings. The molecule has 0 bridgehead atoms. The third-order valence-corrected chi connectivity index (χ3v) is 3.51. The molecule has 0 heterocycles. The topological polar surface area (TPSA) is 64.6 Å². The summed E-state index contributed by atoms with van der Waals surface area (Å²) in [7, 11) is 1.51. The van der Waals surface area contributed by atoms with Crippen molar-refractivity contribution in [2.24, 2.45) is 5.92 Å². The lowest BCUT2D eigenvalue weighted by molar-refractivity contribution is -0.158. The van der Waals surface area contributed by atoms with Gasteiger partial charge < -0.3 is 14.8 Å². The molecule has 23 heavy (non-hydrogen) atoms. The van der Waals surface area contributed by atoms with E-state index in [1.807, 2.05) is 13.8 Å². The van der Waals surface area contributed by atoms with E-state index in [2.05, 4.69) is 5.32 Å². The number of hydrogen-bond donors (Lipinski definition) is 1. The highest BCUT2D eigenvalue weighted by Crippen LogP contribution is 2.19. The summed E-state index contributed by atoms with van der Waals surface area (Å²) in [5.41, 5.74) is -0.204. The van der Waals surface area contributed by atoms with Crippen LogP contribution in [0, 0.1) is 5.92 Å². The largest absolute Gasteiger partial charge is 0.496 e. The highest BCUT2D eigenvalue weighted by Gasteiger charge is 2.31. The second-order valence-corrected chi connectivity index (χ2v) is 6.57. The average molecular weight is 321 g/mol. The van der Waals surface area contributed by atoms with Crippen LogP contribution in [0.4, 0.5) is 0 Å². The van der Waals surface area contributed by atoms with Crippen molar-refractivity contribution in [3.63, 3.8) is 0 Å². The number of amides is 1. The van der Waals surface area contributed by atoms with Gasteiger partial charge in [-0.25, -0.2) is 4.79 Å². The summed E-state index contributed by atoms with van der Waals surface area (Å²) < 4.78 is 10.6. The molecule has 1 rings (SSSR count). The van der Waals surface area contributed by atoms with E-state index in [1.165, 1.54) is 7.11 Å². The first-order valence-corrected chi connectivity index (χ1v) is 7.86. The van der Waals surface area contributed by atoms with E-state index in [-0.39, 0.29) is 11.8 Å². The highest BCUT2D eigenvalue weighted by atomic mass is 16.6. The van der Waals surface area contributed by atoms with Crippen LogP contribution < -0.4 is 10.1 Å². The molecule has 1 unspecified atom stereocenters. The molecule has 0 saturated heterocycles. The number of carbonyl (C=O) groups is 2. The lowest BCUT2D eigenvalue weighted by atomic mass is 9.98. The van der Waals surface area contributed by atoms with Crippen LogP contribution in [0.3, 0.4) is 0 Å². The molecule has 5 heteroatoms. The number of nitrogens with one attached hydrogen (secondary N) is 1. The van der Waals surface area contributed by atoms with Crippen LogP contribution in [-0.2, 0) is 9.53 Å². The van der Waals surface area contributed by atoms with Crippen molar-refractivity contribution in [3.05, 3.63) is 29.8 Å². The van der Waals surface area contributed by atoms with Gasteiger partial charge in [-0.15, -0.1) is 0 Å². The quantitative estimate of drug-likeness (QED) is 0.817. The normalized spacial score (nSPS) is 13.8. The van der Waals surface area contributed by atoms with Gasteiger partial charge in [-0.3, -0.25) is 4.79 Å². The van der Waals surface area contributed by atoms with Gasteiger partial charge in [0, 0.05) is 0 Å². The van der Waals surface area contributed by atoms with Gasteiger partial charge in [-0.05, 0) is 38.8 Å². The van der Waals surface area contributed by atoms with E-state index in [0.717, 1.165) is 6.42 Å². The first-order valence-electron chi connectivity index (χ1n) is 7.86. The lowest BCUT2D eigenvalue weighted by Crippen LogP contribution is -2.47. The zero-order chi connectivity index (χ0) is 17.6. The summed E-state index contributed by atoms with van der Waals surface area (Å²) >= 11 is 0. The predicted molar refractivity (Wildman–Crippen MR) is 89.5 cm³/mol. The van der Waals surface area contributed by atoms with Gasteiger partial charge in [-0.1, -0.05) is 32.4 Å². The third kappa shape index (κ3) is 5.58. The second kappa shape index (κ2) is 7.99. The lowest BCUT2D eigenvalue weighted by Gasteiger charge is -2.27. The molecular weight excluding hydrogens is 294 g/mol. The summed E-state index contributed by atoms with van der Waals surface area (Å²) in [6.45, 7) is 9.30. The molecule has 2 atom stereocenters. The Labute approximate surface area is 138 Å². The van der Waals surface area contributed by atoms with Crippen molar-refractivity contribution < 1.29 is 19.1 Å². The van der Waals surface area contributed by atoms with Crippen molar-refractivity contribution >= 4 is 11.9 Å². The minimum Gasteiger partial charge on any atom is -0.496 e. The fraction of sp³-hybridized carbons (Fsp3) is 0.556. The van der Waals surface area contributed by atoms with Crippen LogP contribution in [-0.4, -0.2) is 30.6 Å². The molecule has 5 nitrogen and oxygen atoms in total. The van der Waals surface area contributed by atoms with Crippen LogP contribution in [0.25, 0.3) is 0 Å². The Morgan fingerprint density at radius 3 is 2.35 bits per heavy atom. The van der Waals surface area contributed by atoms with E-state index in [0.29, 0.717) is 11.3 Å². The molecule has 1 amide bonds. The summed E-state index contributed by atoms with van der Waals surface area (Å²) in [6, 6.07) is 6.22. The molecule has 0 saturated carbocycles. The molecule has 0 spiro atoms. The molecule has 1 N–H and O–H groups in total. The molecule has 0 aromatic heterocycles. The van der Waals surface area contributed by atoms with Crippen molar-refractivity contribution in [2.75, 3.05) is 7.11 Å². The Bertz CT molecular complexity index is 548. The molecule has 0 aliphatic heterocycles. The summed E-state index contributed by atoms with van der Waals surface area (Å²) in [5, 5.41) is 2.79. The van der Waals surface area contributed by atoms with Crippen LogP contribution >= 0.6 is 0 Å². The number of rotatable bonds is 6. The Morgan fingerprint density at radius 1 is 1.22 bits per heavy atom. The van der Waals surface area contributed by atoms with Gasteiger partial charge in [0.25, 0.3) is 5.91 Å². The van der Waals surface area contributed by atoms with E-state index >= 15 is 0 Å². The number of hydrogen-bond acceptors (Lipinski definition) is 4. The highest BCUT2D eigenvalue weighted by molar-refractivity contribution is 5.99. The molecular formula is C18H27NO4. The summed E-state index contributed by atoms with van der Waals surface area (Å²) in [5.74, 6) is -0.339. The number of esters is 1. The zero-order valence-corrected chi connectivity index (χ0v) is 14.8. The fourth-order valence-electron chi connectivity index (χ4n) is 2.09. The maximum absolute atomic E-state index is 12.5. The number of benzene rings is 1. The van der Waals surface area contributed by atoms with E-state index < -0.39 is 17.6 Å². The number of carbonyl (C=O) groups excluding carboxylic acids is 2. The van der Waals surface area contributed by atoms with Crippen molar-refractivity contribution in [2.45, 2.75) is 52.7 Å². The van der Waals surface area contributed by atoms with Crippen molar-refractivity contribution in [3.8, 4) is 5.75 Å². The minimum absolute atomic E-state index is 0.0384. The standard InChI is InChI=1S/C18H27NO4/c1-7-12(2)15(17(21)23-18(3,4)5)19-16(20)13-10-8-9-11-14(13)22-6/h8-12,15H,7H2,1-6H3,(H,19,20)/t12?,15-/m0/s1.